The van der Waals surface area contributed by atoms with E-state index in [2.05, 4.69) is 41.7 Å². The van der Waals surface area contributed by atoms with Gasteiger partial charge in [-0.3, -0.25) is 4.99 Å². The number of amidine groups is 1. The van der Waals surface area contributed by atoms with E-state index in [0.29, 0.717) is 11.8 Å². The number of halogens is 1. The van der Waals surface area contributed by atoms with Gasteiger partial charge in [-0.25, -0.2) is 0 Å². The van der Waals surface area contributed by atoms with Gasteiger partial charge in [-0.05, 0) is 24.5 Å². The van der Waals surface area contributed by atoms with Crippen molar-refractivity contribution in [3.63, 3.8) is 0 Å². The quantitative estimate of drug-likeness (QED) is 0.664. The Morgan fingerprint density at radius 3 is 2.67 bits per heavy atom. The van der Waals surface area contributed by atoms with Crippen molar-refractivity contribution in [2.45, 2.75) is 20.8 Å². The molecular formula is C12H17BrN2. The Hall–Kier alpha value is -0.830. The van der Waals surface area contributed by atoms with Crippen LogP contribution in [0, 0.1) is 12.8 Å². The van der Waals surface area contributed by atoms with E-state index in [1.54, 1.807) is 0 Å². The summed E-state index contributed by atoms with van der Waals surface area (Å²) >= 11 is 3.48. The monoisotopic (exact) mass is 268 g/mol. The van der Waals surface area contributed by atoms with Crippen LogP contribution < -0.4 is 5.73 Å². The van der Waals surface area contributed by atoms with Gasteiger partial charge in [-0.1, -0.05) is 41.9 Å². The van der Waals surface area contributed by atoms with Gasteiger partial charge >= 0.3 is 0 Å². The van der Waals surface area contributed by atoms with E-state index in [0.717, 1.165) is 16.6 Å². The molecule has 0 atom stereocenters. The molecule has 0 aliphatic heterocycles. The fourth-order valence-electron chi connectivity index (χ4n) is 1.12. The predicted octanol–water partition coefficient (Wildman–Crippen LogP) is 3.12. The van der Waals surface area contributed by atoms with Crippen LogP contribution >= 0.6 is 15.9 Å². The Morgan fingerprint density at radius 1 is 1.47 bits per heavy atom. The lowest BCUT2D eigenvalue weighted by atomic mass is 10.1. The minimum Gasteiger partial charge on any atom is -0.384 e. The second kappa shape index (κ2) is 5.31. The SMILES string of the molecule is Cc1ccc(C(N)=NCC(C)C)cc1Br. The molecule has 0 amide bonds. The minimum absolute atomic E-state index is 0.539. The summed E-state index contributed by atoms with van der Waals surface area (Å²) in [5, 5.41) is 0. The van der Waals surface area contributed by atoms with Crippen LogP contribution in [0.15, 0.2) is 27.7 Å². The standard InChI is InChI=1S/C12H17BrN2/c1-8(2)7-15-12(14)10-5-4-9(3)11(13)6-10/h4-6,8H,7H2,1-3H3,(H2,14,15). The van der Waals surface area contributed by atoms with Crippen LogP contribution in [0.5, 0.6) is 0 Å². The molecule has 0 aliphatic rings. The lowest BCUT2D eigenvalue weighted by Crippen LogP contribution is -2.15. The Balaban J connectivity index is 2.87. The largest absolute Gasteiger partial charge is 0.384 e. The fraction of sp³-hybridized carbons (Fsp3) is 0.417. The minimum atomic E-state index is 0.539. The molecule has 0 fully saturated rings. The number of nitrogens with two attached hydrogens (primary N) is 1. The lowest BCUT2D eigenvalue weighted by Gasteiger charge is -2.05. The average molecular weight is 269 g/mol. The zero-order valence-corrected chi connectivity index (χ0v) is 11.0. The van der Waals surface area contributed by atoms with Crippen LogP contribution in [0.4, 0.5) is 0 Å². The molecule has 0 radical (unpaired) electrons. The topological polar surface area (TPSA) is 38.4 Å². The molecule has 1 aromatic rings. The number of aryl methyl sites for hydroxylation is 1. The molecule has 0 unspecified atom stereocenters. The third kappa shape index (κ3) is 3.67. The van der Waals surface area contributed by atoms with Crippen LogP contribution in [0.2, 0.25) is 0 Å². The second-order valence-electron chi connectivity index (χ2n) is 4.08. The van der Waals surface area contributed by atoms with Gasteiger partial charge in [-0.2, -0.15) is 0 Å². The van der Waals surface area contributed by atoms with Crippen molar-refractivity contribution in [2.75, 3.05) is 6.54 Å². The van der Waals surface area contributed by atoms with Gasteiger partial charge in [0.15, 0.2) is 0 Å². The molecule has 2 nitrogen and oxygen atoms in total. The highest BCUT2D eigenvalue weighted by molar-refractivity contribution is 9.10. The number of hydrogen-bond acceptors (Lipinski definition) is 1. The highest BCUT2D eigenvalue weighted by atomic mass is 79.9. The van der Waals surface area contributed by atoms with Gasteiger partial charge in [0.05, 0.1) is 0 Å². The molecule has 15 heavy (non-hydrogen) atoms. The molecule has 0 aliphatic carbocycles. The van der Waals surface area contributed by atoms with Crippen molar-refractivity contribution in [1.82, 2.24) is 0 Å². The highest BCUT2D eigenvalue weighted by Gasteiger charge is 2.01. The first kappa shape index (κ1) is 12.2. The number of nitrogens with zero attached hydrogens (tertiary/aromatic N) is 1. The lowest BCUT2D eigenvalue weighted by molar-refractivity contribution is 0.665. The molecule has 1 aromatic carbocycles. The molecule has 0 saturated heterocycles. The number of hydrogen-bond donors (Lipinski definition) is 1. The summed E-state index contributed by atoms with van der Waals surface area (Å²) in [6.07, 6.45) is 0. The van der Waals surface area contributed by atoms with Crippen LogP contribution in [0.3, 0.4) is 0 Å². The molecule has 0 bridgehead atoms. The van der Waals surface area contributed by atoms with Crippen LogP contribution in [0.25, 0.3) is 0 Å². The first-order valence-electron chi connectivity index (χ1n) is 5.07. The Morgan fingerprint density at radius 2 is 2.13 bits per heavy atom. The van der Waals surface area contributed by atoms with Gasteiger partial charge in [0.2, 0.25) is 0 Å². The fourth-order valence-corrected chi connectivity index (χ4v) is 1.50. The van der Waals surface area contributed by atoms with Crippen LogP contribution in [-0.4, -0.2) is 12.4 Å². The molecule has 0 spiro atoms. The molecule has 0 heterocycles. The van der Waals surface area contributed by atoms with Crippen LogP contribution in [-0.2, 0) is 0 Å². The summed E-state index contributed by atoms with van der Waals surface area (Å²) in [4.78, 5) is 4.34. The third-order valence-electron chi connectivity index (χ3n) is 2.09. The maximum absolute atomic E-state index is 5.89. The van der Waals surface area contributed by atoms with E-state index in [1.165, 1.54) is 5.56 Å². The van der Waals surface area contributed by atoms with Crippen LogP contribution in [0.1, 0.15) is 25.0 Å². The zero-order chi connectivity index (χ0) is 11.4. The van der Waals surface area contributed by atoms with Crippen molar-refractivity contribution in [2.24, 2.45) is 16.6 Å². The van der Waals surface area contributed by atoms with E-state index in [-0.39, 0.29) is 0 Å². The first-order chi connectivity index (χ1) is 7.00. The van der Waals surface area contributed by atoms with Gasteiger partial charge in [0.25, 0.3) is 0 Å². The van der Waals surface area contributed by atoms with Crippen molar-refractivity contribution in [1.29, 1.82) is 0 Å². The molecule has 0 saturated carbocycles. The molecule has 1 rings (SSSR count). The van der Waals surface area contributed by atoms with Gasteiger partial charge < -0.3 is 5.73 Å². The Bertz CT molecular complexity index is 370. The Kier molecular flexibility index (Phi) is 4.33. The van der Waals surface area contributed by atoms with Crippen molar-refractivity contribution < 1.29 is 0 Å². The van der Waals surface area contributed by atoms with E-state index in [4.69, 9.17) is 5.73 Å². The van der Waals surface area contributed by atoms with Gasteiger partial charge in [0, 0.05) is 16.6 Å². The summed E-state index contributed by atoms with van der Waals surface area (Å²) in [5.41, 5.74) is 8.08. The van der Waals surface area contributed by atoms with Gasteiger partial charge in [-0.15, -0.1) is 0 Å². The Labute approximate surface area is 99.7 Å². The van der Waals surface area contributed by atoms with E-state index < -0.39 is 0 Å². The first-order valence-corrected chi connectivity index (χ1v) is 5.86. The number of benzene rings is 1. The van der Waals surface area contributed by atoms with Crippen molar-refractivity contribution >= 4 is 21.8 Å². The maximum Gasteiger partial charge on any atom is 0.125 e. The van der Waals surface area contributed by atoms with Crippen molar-refractivity contribution in [3.8, 4) is 0 Å². The van der Waals surface area contributed by atoms with E-state index in [9.17, 15) is 0 Å². The smallest absolute Gasteiger partial charge is 0.125 e. The average Bonchev–Trinajstić information content (AvgIpc) is 2.18. The van der Waals surface area contributed by atoms with E-state index in [1.807, 2.05) is 18.2 Å². The second-order valence-corrected chi connectivity index (χ2v) is 4.94. The summed E-state index contributed by atoms with van der Waals surface area (Å²) in [6, 6.07) is 6.05. The summed E-state index contributed by atoms with van der Waals surface area (Å²) in [7, 11) is 0. The normalized spacial score (nSPS) is 12.2. The van der Waals surface area contributed by atoms with Crippen molar-refractivity contribution in [3.05, 3.63) is 33.8 Å². The molecule has 82 valence electrons. The highest BCUT2D eigenvalue weighted by Crippen LogP contribution is 2.17. The number of rotatable bonds is 3. The molecular weight excluding hydrogens is 252 g/mol. The molecule has 3 heteroatoms. The molecule has 2 N–H and O–H groups in total. The van der Waals surface area contributed by atoms with E-state index >= 15 is 0 Å². The third-order valence-corrected chi connectivity index (χ3v) is 2.95. The number of aliphatic imine (C=N–C) groups is 1. The summed E-state index contributed by atoms with van der Waals surface area (Å²) in [6.45, 7) is 7.08. The summed E-state index contributed by atoms with van der Waals surface area (Å²) < 4.78 is 1.07. The zero-order valence-electron chi connectivity index (χ0n) is 9.42. The maximum atomic E-state index is 5.89. The van der Waals surface area contributed by atoms with Gasteiger partial charge in [0.1, 0.15) is 5.84 Å². The summed E-state index contributed by atoms with van der Waals surface area (Å²) in [5.74, 6) is 1.15. The predicted molar refractivity (Wildman–Crippen MR) is 69.3 cm³/mol. The molecule has 0 aromatic heterocycles.